The molecule has 0 spiro atoms. The van der Waals surface area contributed by atoms with Gasteiger partial charge in [0.05, 0.1) is 24.8 Å². The molecule has 11 heteroatoms. The van der Waals surface area contributed by atoms with E-state index in [1.54, 1.807) is 30.3 Å². The van der Waals surface area contributed by atoms with Gasteiger partial charge in [-0.3, -0.25) is 14.5 Å². The molecule has 232 valence electrons. The number of nitrogens with zero attached hydrogens (tertiary/aromatic N) is 3. The van der Waals surface area contributed by atoms with Gasteiger partial charge in [-0.15, -0.1) is 10.2 Å². The van der Waals surface area contributed by atoms with Gasteiger partial charge >= 0.3 is 5.91 Å². The number of carbonyl (C=O) groups excluding carboxylic acids is 2. The van der Waals surface area contributed by atoms with E-state index in [0.29, 0.717) is 52.4 Å². The summed E-state index contributed by atoms with van der Waals surface area (Å²) >= 11 is 2.73. The zero-order valence-electron chi connectivity index (χ0n) is 25.4. The summed E-state index contributed by atoms with van der Waals surface area (Å²) in [7, 11) is 0. The number of anilines is 1. The van der Waals surface area contributed by atoms with Crippen LogP contribution < -0.4 is 19.1 Å². The average Bonchev–Trinajstić information content (AvgIpc) is 3.72. The molecule has 2 aliphatic heterocycles. The van der Waals surface area contributed by atoms with Crippen LogP contribution in [-0.2, 0) is 21.8 Å². The number of aromatic nitrogens is 2. The third-order valence-electron chi connectivity index (χ3n) is 7.58. The second-order valence-corrected chi connectivity index (χ2v) is 13.0. The molecule has 1 amide bonds. The summed E-state index contributed by atoms with van der Waals surface area (Å²) in [6.45, 7) is 8.58. The van der Waals surface area contributed by atoms with E-state index in [0.717, 1.165) is 16.9 Å². The summed E-state index contributed by atoms with van der Waals surface area (Å²) in [6.07, 6.45) is 0.692. The Hall–Kier alpha value is -4.35. The van der Waals surface area contributed by atoms with E-state index in [9.17, 15) is 14.7 Å². The van der Waals surface area contributed by atoms with Crippen molar-refractivity contribution in [1.82, 2.24) is 10.2 Å². The number of hydrogen-bond acceptors (Lipinski definition) is 10. The van der Waals surface area contributed by atoms with Crippen molar-refractivity contribution in [2.45, 2.75) is 56.4 Å². The third kappa shape index (κ3) is 6.14. The third-order valence-corrected chi connectivity index (χ3v) is 9.71. The number of ether oxygens (including phenoxy) is 3. The van der Waals surface area contributed by atoms with Crippen molar-refractivity contribution in [2.24, 2.45) is 0 Å². The fourth-order valence-corrected chi connectivity index (χ4v) is 7.32. The molecule has 45 heavy (non-hydrogen) atoms. The number of aliphatic hydroxyl groups is 1. The predicted molar refractivity (Wildman–Crippen MR) is 174 cm³/mol. The molecule has 3 aromatic carbocycles. The highest BCUT2D eigenvalue weighted by Crippen LogP contribution is 2.46. The molecule has 0 unspecified atom stereocenters. The van der Waals surface area contributed by atoms with Crippen LogP contribution in [0.25, 0.3) is 5.76 Å². The van der Waals surface area contributed by atoms with E-state index in [2.05, 4.69) is 34.5 Å². The summed E-state index contributed by atoms with van der Waals surface area (Å²) in [4.78, 5) is 28.8. The lowest BCUT2D eigenvalue weighted by Gasteiger charge is -2.23. The lowest BCUT2D eigenvalue weighted by molar-refractivity contribution is -0.132. The smallest absolute Gasteiger partial charge is 0.301 e. The van der Waals surface area contributed by atoms with Crippen molar-refractivity contribution in [1.29, 1.82) is 0 Å². The minimum atomic E-state index is -0.980. The number of benzene rings is 3. The maximum Gasteiger partial charge on any atom is 0.301 e. The molecule has 2 aliphatic rings. The lowest BCUT2D eigenvalue weighted by atomic mass is 9.94. The molecule has 9 nitrogen and oxygen atoms in total. The molecule has 0 radical (unpaired) electrons. The number of carbonyl (C=O) groups is 2. The minimum absolute atomic E-state index is 0.0132. The first-order valence-electron chi connectivity index (χ1n) is 14.8. The normalized spacial score (nSPS) is 18.6. The highest BCUT2D eigenvalue weighted by Gasteiger charge is 2.48. The highest BCUT2D eigenvalue weighted by molar-refractivity contribution is 8.00. The first kappa shape index (κ1) is 30.7. The minimum Gasteiger partial charge on any atom is -0.507 e. The van der Waals surface area contributed by atoms with Gasteiger partial charge in [-0.2, -0.15) is 0 Å². The molecule has 4 aromatic rings. The first-order valence-corrected chi connectivity index (χ1v) is 16.6. The van der Waals surface area contributed by atoms with E-state index in [1.807, 2.05) is 33.8 Å². The number of thioether (sulfide) groups is 1. The zero-order chi connectivity index (χ0) is 31.7. The first-order chi connectivity index (χ1) is 21.8. The number of ketones is 1. The van der Waals surface area contributed by atoms with Crippen LogP contribution in [0.2, 0.25) is 0 Å². The standard InChI is InChI=1S/C34H33N3O6S2/c1-5-41-26-14-11-22(17-27(26)42-6-2)29-28(30(38)23-12-13-25-24(16-23)15-20(4)43-25)31(39)32(40)37(29)33-35-36-34(45-33)44-18-21-9-7-19(3)8-10-21/h7-14,16-17,20,29,38H,5-6,15,18H2,1-4H3/t20-,29-/m0/s1. The van der Waals surface area contributed by atoms with E-state index in [-0.39, 0.29) is 22.6 Å². The maximum atomic E-state index is 13.8. The fourth-order valence-electron chi connectivity index (χ4n) is 5.50. The van der Waals surface area contributed by atoms with Crippen molar-refractivity contribution >= 4 is 45.7 Å². The topological polar surface area (TPSA) is 111 Å². The van der Waals surface area contributed by atoms with Crippen LogP contribution in [0.3, 0.4) is 0 Å². The van der Waals surface area contributed by atoms with Crippen LogP contribution in [0.4, 0.5) is 5.13 Å². The summed E-state index contributed by atoms with van der Waals surface area (Å²) in [5.74, 6) is 0.559. The molecule has 1 aromatic heterocycles. The Morgan fingerprint density at radius 2 is 1.78 bits per heavy atom. The van der Waals surface area contributed by atoms with Crippen molar-refractivity contribution in [3.8, 4) is 17.2 Å². The van der Waals surface area contributed by atoms with Gasteiger partial charge in [0.15, 0.2) is 15.8 Å². The number of amides is 1. The number of aliphatic hydroxyl groups excluding tert-OH is 1. The maximum absolute atomic E-state index is 13.8. The van der Waals surface area contributed by atoms with Gasteiger partial charge in [0, 0.05) is 17.7 Å². The van der Waals surface area contributed by atoms with E-state index >= 15 is 0 Å². The van der Waals surface area contributed by atoms with Crippen molar-refractivity contribution < 1.29 is 28.9 Å². The number of fused-ring (bicyclic) bond motifs is 1. The van der Waals surface area contributed by atoms with Crippen molar-refractivity contribution in [3.63, 3.8) is 0 Å². The number of hydrogen-bond donors (Lipinski definition) is 1. The molecule has 3 heterocycles. The second-order valence-electron chi connectivity index (χ2n) is 10.8. The average molecular weight is 644 g/mol. The number of aryl methyl sites for hydroxylation is 1. The molecule has 2 atom stereocenters. The van der Waals surface area contributed by atoms with Gasteiger partial charge < -0.3 is 19.3 Å². The van der Waals surface area contributed by atoms with Crippen LogP contribution in [0.5, 0.6) is 17.2 Å². The Morgan fingerprint density at radius 3 is 2.53 bits per heavy atom. The van der Waals surface area contributed by atoms with Crippen LogP contribution >= 0.6 is 23.1 Å². The molecule has 0 aliphatic carbocycles. The molecular formula is C34H33N3O6S2. The van der Waals surface area contributed by atoms with E-state index in [1.165, 1.54) is 33.6 Å². The van der Waals surface area contributed by atoms with Gasteiger partial charge in [-0.05, 0) is 74.7 Å². The summed E-state index contributed by atoms with van der Waals surface area (Å²) in [6, 6.07) is 17.8. The largest absolute Gasteiger partial charge is 0.507 e. The molecule has 0 saturated carbocycles. The molecule has 0 bridgehead atoms. The van der Waals surface area contributed by atoms with Crippen molar-refractivity contribution in [3.05, 3.63) is 94.1 Å². The van der Waals surface area contributed by atoms with Crippen LogP contribution in [-0.4, -0.2) is 46.3 Å². The zero-order valence-corrected chi connectivity index (χ0v) is 27.0. The summed E-state index contributed by atoms with van der Waals surface area (Å²) in [5, 5.41) is 20.6. The van der Waals surface area contributed by atoms with E-state index in [4.69, 9.17) is 14.2 Å². The van der Waals surface area contributed by atoms with E-state index < -0.39 is 17.7 Å². The molecule has 1 fully saturated rings. The Bertz CT molecular complexity index is 1780. The van der Waals surface area contributed by atoms with Gasteiger partial charge in [0.2, 0.25) is 5.13 Å². The Morgan fingerprint density at radius 1 is 1.02 bits per heavy atom. The Kier molecular flexibility index (Phi) is 8.82. The molecular weight excluding hydrogens is 611 g/mol. The van der Waals surface area contributed by atoms with Crippen LogP contribution in [0, 0.1) is 6.92 Å². The fraction of sp³-hybridized carbons (Fsp3) is 0.294. The number of rotatable bonds is 10. The Balaban J connectivity index is 1.42. The van der Waals surface area contributed by atoms with Crippen LogP contribution in [0.15, 0.2) is 70.6 Å². The van der Waals surface area contributed by atoms with Crippen LogP contribution in [0.1, 0.15) is 54.6 Å². The monoisotopic (exact) mass is 643 g/mol. The lowest BCUT2D eigenvalue weighted by Crippen LogP contribution is -2.29. The number of Topliss-reactive ketones (excluding diaryl/α,β-unsaturated/α-hetero) is 1. The second kappa shape index (κ2) is 12.9. The van der Waals surface area contributed by atoms with Gasteiger partial charge in [-0.1, -0.05) is 59.0 Å². The van der Waals surface area contributed by atoms with Gasteiger partial charge in [0.1, 0.15) is 17.6 Å². The SMILES string of the molecule is CCOc1ccc([C@H]2C(=C(O)c3ccc4c(c3)C[C@H](C)O4)C(=O)C(=O)N2c2nnc(SCc3ccc(C)cc3)s2)cc1OCC. The molecule has 1 saturated heterocycles. The van der Waals surface area contributed by atoms with Gasteiger partial charge in [0.25, 0.3) is 5.78 Å². The molecule has 6 rings (SSSR count). The quantitative estimate of drug-likeness (QED) is 0.0650. The van der Waals surface area contributed by atoms with Crippen molar-refractivity contribution in [2.75, 3.05) is 18.1 Å². The summed E-state index contributed by atoms with van der Waals surface area (Å²) in [5.41, 5.74) is 4.19. The highest BCUT2D eigenvalue weighted by atomic mass is 32.2. The summed E-state index contributed by atoms with van der Waals surface area (Å²) < 4.78 is 18.1. The van der Waals surface area contributed by atoms with Gasteiger partial charge in [-0.25, -0.2) is 0 Å². The predicted octanol–water partition coefficient (Wildman–Crippen LogP) is 6.89. The molecule has 1 N–H and O–H groups in total. The Labute approximate surface area is 269 Å².